The Morgan fingerprint density at radius 1 is 0.288 bits per heavy atom. The van der Waals surface area contributed by atoms with Crippen molar-refractivity contribution in [2.45, 2.75) is 71.8 Å². The van der Waals surface area contributed by atoms with Crippen LogP contribution in [0.5, 0.6) is 0 Å². The molecule has 1 rings (SSSR count). The lowest BCUT2D eigenvalue weighted by Gasteiger charge is -2.45. The van der Waals surface area contributed by atoms with Crippen LogP contribution < -0.4 is 0 Å². The zero-order valence-corrected chi connectivity index (χ0v) is 22.6. The summed E-state index contributed by atoms with van der Waals surface area (Å²) in [7, 11) is 0. The van der Waals surface area contributed by atoms with Crippen molar-refractivity contribution >= 4 is 11.9 Å². The van der Waals surface area contributed by atoms with Gasteiger partial charge in [-0.05, 0) is 0 Å². The minimum absolute atomic E-state index is 5.00. The molecule has 0 aromatic heterocycles. The monoisotopic (exact) mass is 830 g/mol. The average Bonchev–Trinajstić information content (AvgIpc) is 2.83. The minimum Gasteiger partial charge on any atom is -0.478 e. The molecule has 0 aliphatic rings. The summed E-state index contributed by atoms with van der Waals surface area (Å²) in [6.45, 7) is 0. The summed E-state index contributed by atoms with van der Waals surface area (Å²) in [4.78, 5) is 23.9. The second-order valence-corrected chi connectivity index (χ2v) is 9.68. The smallest absolute Gasteiger partial charge is 0.430 e. The summed E-state index contributed by atoms with van der Waals surface area (Å²) in [5.41, 5.74) is -67.4. The van der Waals surface area contributed by atoms with Gasteiger partial charge in [0.15, 0.2) is 0 Å². The first-order valence-corrected chi connectivity index (χ1v) is 11.3. The van der Waals surface area contributed by atoms with Crippen molar-refractivity contribution in [2.24, 2.45) is 0 Å². The van der Waals surface area contributed by atoms with Gasteiger partial charge >= 0.3 is 61.3 Å². The van der Waals surface area contributed by atoms with Gasteiger partial charge in [0.25, 0.3) is 22.4 Å². The van der Waals surface area contributed by atoms with E-state index in [1.807, 2.05) is 0 Å². The number of alkyl halides is 24. The number of hydrogen-bond donors (Lipinski definition) is 6. The molecular formula is C20H6F24O8. The maximum Gasteiger partial charge on any atom is 0.430 e. The molecule has 0 radical (unpaired) electrons. The highest BCUT2D eigenvalue weighted by molar-refractivity contribution is 6.00. The summed E-state index contributed by atoms with van der Waals surface area (Å²) >= 11 is 0. The molecule has 0 aliphatic heterocycles. The van der Waals surface area contributed by atoms with Crippen LogP contribution in [0.2, 0.25) is 0 Å². The van der Waals surface area contributed by atoms with Crippen molar-refractivity contribution in [3.05, 3.63) is 33.4 Å². The number of aromatic carboxylic acids is 2. The standard InChI is InChI=1S/C20H6F24O8/c21-13(22,23)9(49,14(24,25)26)3-1(7(45)46)4(10(50,15(27,28)29)16(30,31)32)6(12(52,19(39,40)41)20(42,43)44)2(8(47)48)5(3)11(51,17(33,34)35)18(36,37)38/h49-52H,(H,45,46)(H,47,48). The fourth-order valence-electron chi connectivity index (χ4n) is 4.40. The molecular weight excluding hydrogens is 824 g/mol. The lowest BCUT2D eigenvalue weighted by Crippen LogP contribution is -2.64. The van der Waals surface area contributed by atoms with Gasteiger partial charge in [0, 0.05) is 22.3 Å². The zero-order chi connectivity index (χ0) is 42.6. The Balaban J connectivity index is 6.15. The molecule has 0 saturated carbocycles. The van der Waals surface area contributed by atoms with Crippen LogP contribution in [-0.2, 0) is 22.4 Å². The van der Waals surface area contributed by atoms with Crippen LogP contribution in [0.1, 0.15) is 43.0 Å². The van der Waals surface area contributed by atoms with Gasteiger partial charge in [-0.1, -0.05) is 0 Å². The van der Waals surface area contributed by atoms with E-state index in [0.29, 0.717) is 0 Å². The quantitative estimate of drug-likeness (QED) is 0.182. The number of rotatable bonds is 6. The molecule has 302 valence electrons. The van der Waals surface area contributed by atoms with E-state index in [1.165, 1.54) is 0 Å². The van der Waals surface area contributed by atoms with Crippen LogP contribution >= 0.6 is 0 Å². The Kier molecular flexibility index (Phi) is 10.6. The summed E-state index contributed by atoms with van der Waals surface area (Å²) < 4.78 is 335. The van der Waals surface area contributed by atoms with E-state index in [0.717, 1.165) is 0 Å². The van der Waals surface area contributed by atoms with Crippen molar-refractivity contribution in [1.29, 1.82) is 0 Å². The molecule has 0 amide bonds. The third-order valence-electron chi connectivity index (χ3n) is 6.66. The number of carboxylic acids is 2. The van der Waals surface area contributed by atoms with Crippen molar-refractivity contribution in [2.75, 3.05) is 0 Å². The Morgan fingerprint density at radius 2 is 0.385 bits per heavy atom. The van der Waals surface area contributed by atoms with Crippen LogP contribution in [0.4, 0.5) is 105 Å². The first kappa shape index (κ1) is 46.3. The van der Waals surface area contributed by atoms with Gasteiger partial charge in [0.1, 0.15) is 0 Å². The summed E-state index contributed by atoms with van der Waals surface area (Å²) in [5.74, 6) is -10.00. The highest BCUT2D eigenvalue weighted by Crippen LogP contribution is 2.65. The topological polar surface area (TPSA) is 156 Å². The lowest BCUT2D eigenvalue weighted by atomic mass is 9.66. The molecule has 1 aromatic rings. The van der Waals surface area contributed by atoms with Gasteiger partial charge < -0.3 is 30.6 Å². The van der Waals surface area contributed by atoms with E-state index in [9.17, 15) is 146 Å². The van der Waals surface area contributed by atoms with Gasteiger partial charge in [0.05, 0.1) is 11.1 Å². The Morgan fingerprint density at radius 3 is 0.442 bits per heavy atom. The number of aliphatic hydroxyl groups is 4. The maximum atomic E-state index is 14.0. The molecule has 32 heteroatoms. The Bertz CT molecular complexity index is 1310. The molecule has 0 unspecified atom stereocenters. The second-order valence-electron chi connectivity index (χ2n) is 9.68. The van der Waals surface area contributed by atoms with E-state index in [1.54, 1.807) is 0 Å². The highest BCUT2D eigenvalue weighted by atomic mass is 19.4. The second kappa shape index (κ2) is 11.9. The van der Waals surface area contributed by atoms with Gasteiger partial charge in [-0.3, -0.25) is 0 Å². The summed E-state index contributed by atoms with van der Waals surface area (Å²) in [6, 6.07) is 0. The van der Waals surface area contributed by atoms with Crippen LogP contribution in [0.25, 0.3) is 0 Å². The van der Waals surface area contributed by atoms with E-state index in [4.69, 9.17) is 0 Å². The minimum atomic E-state index is -8.55. The Labute approximate surface area is 264 Å². The van der Waals surface area contributed by atoms with Crippen LogP contribution in [0.15, 0.2) is 0 Å². The van der Waals surface area contributed by atoms with E-state index in [-0.39, 0.29) is 0 Å². The third kappa shape index (κ3) is 6.16. The van der Waals surface area contributed by atoms with Gasteiger partial charge in [-0.15, -0.1) is 0 Å². The fourth-order valence-corrected chi connectivity index (χ4v) is 4.40. The number of carbonyl (C=O) groups is 2. The van der Waals surface area contributed by atoms with Crippen molar-refractivity contribution in [3.8, 4) is 0 Å². The molecule has 0 saturated heterocycles. The Hall–Kier alpha value is -3.68. The molecule has 6 N–H and O–H groups in total. The third-order valence-corrected chi connectivity index (χ3v) is 6.66. The largest absolute Gasteiger partial charge is 0.478 e. The molecule has 0 heterocycles. The predicted octanol–water partition coefficient (Wildman–Crippen LogP) is 6.33. The summed E-state index contributed by atoms with van der Waals surface area (Å²) in [5, 5.41) is 57.2. The van der Waals surface area contributed by atoms with E-state index in [2.05, 4.69) is 0 Å². The van der Waals surface area contributed by atoms with Crippen molar-refractivity contribution in [1.82, 2.24) is 0 Å². The predicted molar refractivity (Wildman–Crippen MR) is 104 cm³/mol. The molecule has 52 heavy (non-hydrogen) atoms. The van der Waals surface area contributed by atoms with E-state index < -0.39 is 117 Å². The average molecular weight is 830 g/mol. The molecule has 0 aliphatic carbocycles. The first-order chi connectivity index (χ1) is 22.1. The number of benzene rings is 1. The van der Waals surface area contributed by atoms with Crippen molar-refractivity contribution < 1.29 is 146 Å². The molecule has 0 spiro atoms. The highest BCUT2D eigenvalue weighted by Gasteiger charge is 2.84. The SMILES string of the molecule is O=C(O)c1c(C(O)(C(F)(F)F)C(F)(F)F)c(C(O)(C(F)(F)F)C(F)(F)F)c(C(=O)O)c(C(O)(C(F)(F)F)C(F)(F)F)c1C(O)(C(F)(F)F)C(F)(F)F. The molecule has 1 aromatic carbocycles. The number of carboxylic acid groups (broad SMARTS) is 2. The molecule has 0 atom stereocenters. The number of halogens is 24. The fraction of sp³-hybridized carbons (Fsp3) is 0.600. The maximum absolute atomic E-state index is 14.0. The van der Waals surface area contributed by atoms with Crippen LogP contribution in [-0.4, -0.2) is 92.0 Å². The zero-order valence-electron chi connectivity index (χ0n) is 22.6. The van der Waals surface area contributed by atoms with Crippen LogP contribution in [0, 0.1) is 0 Å². The van der Waals surface area contributed by atoms with Gasteiger partial charge in [-0.25, -0.2) is 9.59 Å². The lowest BCUT2D eigenvalue weighted by molar-refractivity contribution is -0.391. The van der Waals surface area contributed by atoms with Gasteiger partial charge in [0.2, 0.25) is 0 Å². The molecule has 0 fully saturated rings. The molecule has 8 nitrogen and oxygen atoms in total. The first-order valence-electron chi connectivity index (χ1n) is 11.3. The van der Waals surface area contributed by atoms with E-state index >= 15 is 0 Å². The van der Waals surface area contributed by atoms with Crippen molar-refractivity contribution in [3.63, 3.8) is 0 Å². The summed E-state index contributed by atoms with van der Waals surface area (Å²) in [6.07, 6.45) is -68.4. The van der Waals surface area contributed by atoms with Gasteiger partial charge in [-0.2, -0.15) is 105 Å². The molecule has 0 bridgehead atoms. The van der Waals surface area contributed by atoms with Crippen LogP contribution in [0.3, 0.4) is 0 Å². The number of hydrogen-bond acceptors (Lipinski definition) is 6. The normalized spacial score (nSPS) is 15.6.